The van der Waals surface area contributed by atoms with Crippen LogP contribution in [0.2, 0.25) is 0 Å². The molecule has 0 aliphatic rings. The van der Waals surface area contributed by atoms with Crippen molar-refractivity contribution in [1.82, 2.24) is 24.1 Å². The topological polar surface area (TPSA) is 48.5 Å². The van der Waals surface area contributed by atoms with Crippen LogP contribution in [0.3, 0.4) is 0 Å². The molecule has 6 heteroatoms. The molecule has 4 aromatic heterocycles. The molecule has 63 heavy (non-hydrogen) atoms. The van der Waals surface area contributed by atoms with Crippen LogP contribution in [0.5, 0.6) is 0 Å². The minimum absolute atomic E-state index is 0.178. The van der Waals surface area contributed by atoms with Gasteiger partial charge in [0.25, 0.3) is 0 Å². The first-order valence-electron chi connectivity index (χ1n) is 31.2. The van der Waals surface area contributed by atoms with E-state index in [-0.39, 0.29) is 22.2 Å². The van der Waals surface area contributed by atoms with Gasteiger partial charge in [-0.25, -0.2) is 0 Å². The van der Waals surface area contributed by atoms with Gasteiger partial charge in [-0.1, -0.05) is 175 Å². The average molecular weight is 846 g/mol. The van der Waals surface area contributed by atoms with Gasteiger partial charge in [0.15, 0.2) is 5.82 Å². The zero-order chi connectivity index (χ0) is 62.3. The highest BCUT2D eigenvalue weighted by molar-refractivity contribution is 7.25. The van der Waals surface area contributed by atoms with Crippen molar-refractivity contribution in [2.75, 3.05) is 0 Å². The number of nitrogens with zero attached hydrogens (tertiary/aromatic N) is 5. The molecule has 0 N–H and O–H groups in total. The molecule has 0 saturated carbocycles. The Morgan fingerprint density at radius 3 is 1.49 bits per heavy atom. The maximum Gasteiger partial charge on any atom is 0.240 e. The molecule has 9 aromatic carbocycles. The highest BCUT2D eigenvalue weighted by atomic mass is 32.1. The quantitative estimate of drug-likeness (QED) is 0.167. The number of hydrogen-bond donors (Lipinski definition) is 0. The maximum atomic E-state index is 10.1. The van der Waals surface area contributed by atoms with Crippen LogP contribution < -0.4 is 0 Å². The molecule has 0 fully saturated rings. The van der Waals surface area contributed by atoms with Crippen molar-refractivity contribution in [1.29, 1.82) is 0 Å². The Bertz CT molecular complexity index is 5070. The molecule has 5 nitrogen and oxygen atoms in total. The molecule has 0 unspecified atom stereocenters. The lowest BCUT2D eigenvalue weighted by molar-refractivity contribution is 0.893. The minimum atomic E-state index is -0.908. The Balaban J connectivity index is 1.24. The SMILES string of the molecule is [2H]c1c([2H])c([2H])c(-c2c([2H])c([2H])c3c4c([2H])c([2H])c(-c5c([2H])c([2H])c([2H])c([2H])c5[2H])c([2H])c4n(-c4nc(-c5ccc(-c6cccc7sc8ccccc8c67)cc5)nc(-n5c6c([2H])c([2H])c([2H])c([2H])c6c6c([2H])c([2H])c([2H])c([2H])c65)n4)c3c2[2H])c([2H])c1[2H]. The lowest BCUT2D eigenvalue weighted by Gasteiger charge is -2.13. The molecule has 0 spiro atoms. The van der Waals surface area contributed by atoms with E-state index >= 15 is 0 Å². The van der Waals surface area contributed by atoms with Crippen LogP contribution in [-0.4, -0.2) is 24.1 Å². The van der Waals surface area contributed by atoms with Crippen molar-refractivity contribution < 1.29 is 32.9 Å². The monoisotopic (exact) mass is 845 g/mol. The van der Waals surface area contributed by atoms with Crippen LogP contribution in [0.1, 0.15) is 32.9 Å². The minimum Gasteiger partial charge on any atom is -0.278 e. The molecule has 4 heterocycles. The Hall–Kier alpha value is -8.19. The molecular formula is C57H35N5S. The second-order valence-electron chi connectivity index (χ2n) is 14.2. The van der Waals surface area contributed by atoms with E-state index in [0.29, 0.717) is 0 Å². The Morgan fingerprint density at radius 1 is 0.365 bits per heavy atom. The fraction of sp³-hybridized carbons (Fsp3) is 0. The van der Waals surface area contributed by atoms with Crippen LogP contribution in [0.15, 0.2) is 212 Å². The van der Waals surface area contributed by atoms with E-state index in [1.807, 2.05) is 42.5 Å². The third-order valence-corrected chi connectivity index (χ3v) is 11.8. The normalized spacial score (nSPS) is 17.1. The van der Waals surface area contributed by atoms with Crippen molar-refractivity contribution in [2.24, 2.45) is 0 Å². The summed E-state index contributed by atoms with van der Waals surface area (Å²) in [7, 11) is 0. The van der Waals surface area contributed by atoms with Gasteiger partial charge >= 0.3 is 0 Å². The first kappa shape index (κ1) is 19.2. The summed E-state index contributed by atoms with van der Waals surface area (Å²) >= 11 is 1.61. The predicted molar refractivity (Wildman–Crippen MR) is 263 cm³/mol. The van der Waals surface area contributed by atoms with Crippen LogP contribution in [0.25, 0.3) is 120 Å². The van der Waals surface area contributed by atoms with E-state index in [1.165, 1.54) is 0 Å². The van der Waals surface area contributed by atoms with Gasteiger partial charge in [0, 0.05) is 47.3 Å². The third-order valence-electron chi connectivity index (χ3n) is 10.7. The van der Waals surface area contributed by atoms with Crippen molar-refractivity contribution >= 4 is 75.1 Å². The van der Waals surface area contributed by atoms with Gasteiger partial charge in [0.2, 0.25) is 11.9 Å². The summed E-state index contributed by atoms with van der Waals surface area (Å²) in [6.45, 7) is 0. The van der Waals surface area contributed by atoms with Crippen LogP contribution in [-0.2, 0) is 0 Å². The Labute approximate surface area is 400 Å². The van der Waals surface area contributed by atoms with Crippen molar-refractivity contribution in [3.8, 4) is 56.7 Å². The van der Waals surface area contributed by atoms with Gasteiger partial charge in [0.05, 0.1) is 55.0 Å². The second-order valence-corrected chi connectivity index (χ2v) is 15.3. The fourth-order valence-corrected chi connectivity index (χ4v) is 9.05. The molecular weight excluding hydrogens is 787 g/mol. The number of para-hydroxylation sites is 2. The van der Waals surface area contributed by atoms with Gasteiger partial charge in [0.1, 0.15) is 0 Å². The van der Waals surface area contributed by atoms with Crippen molar-refractivity contribution in [2.45, 2.75) is 0 Å². The zero-order valence-electron chi connectivity index (χ0n) is 56.0. The molecule has 0 radical (unpaired) electrons. The summed E-state index contributed by atoms with van der Waals surface area (Å²) in [6, 6.07) is 0.467. The average Bonchev–Trinajstić information content (AvgIpc) is 1.57. The van der Waals surface area contributed by atoms with E-state index in [9.17, 15) is 11.0 Å². The summed E-state index contributed by atoms with van der Waals surface area (Å²) in [5, 5.41) is 0.170. The number of benzene rings is 9. The molecule has 0 bridgehead atoms. The van der Waals surface area contributed by atoms with Crippen molar-refractivity contribution in [3.05, 3.63) is 212 Å². The molecule has 0 aliphatic carbocycles. The zero-order valence-corrected chi connectivity index (χ0v) is 32.8. The number of hydrogen-bond acceptors (Lipinski definition) is 4. The molecule has 0 aliphatic heterocycles. The number of fused-ring (bicyclic) bond motifs is 9. The summed E-state index contributed by atoms with van der Waals surface area (Å²) in [4.78, 5) is 14.6. The summed E-state index contributed by atoms with van der Waals surface area (Å²) in [5.41, 5.74) is -3.23. The predicted octanol–water partition coefficient (Wildman–Crippen LogP) is 15.1. The van der Waals surface area contributed by atoms with Crippen molar-refractivity contribution in [3.63, 3.8) is 0 Å². The lowest BCUT2D eigenvalue weighted by Crippen LogP contribution is -2.10. The smallest absolute Gasteiger partial charge is 0.240 e. The van der Waals surface area contributed by atoms with Gasteiger partial charge in [-0.3, -0.25) is 9.13 Å². The van der Waals surface area contributed by atoms with Gasteiger partial charge < -0.3 is 0 Å². The number of thiophene rings is 1. The third kappa shape index (κ3) is 5.73. The van der Waals surface area contributed by atoms with E-state index in [1.54, 1.807) is 35.6 Å². The Morgan fingerprint density at radius 2 is 0.873 bits per heavy atom. The molecule has 13 aromatic rings. The number of aromatic nitrogens is 5. The lowest BCUT2D eigenvalue weighted by atomic mass is 9.98. The molecule has 0 atom stereocenters. The van der Waals surface area contributed by atoms with Crippen LogP contribution >= 0.6 is 11.3 Å². The maximum absolute atomic E-state index is 10.1. The van der Waals surface area contributed by atoms with Gasteiger partial charge in [-0.05, 0) is 69.7 Å². The molecule has 0 amide bonds. The van der Waals surface area contributed by atoms with Gasteiger partial charge in [-0.2, -0.15) is 15.0 Å². The van der Waals surface area contributed by atoms with Crippen LogP contribution in [0, 0.1) is 0 Å². The molecule has 294 valence electrons. The van der Waals surface area contributed by atoms with E-state index in [2.05, 4.69) is 0 Å². The number of rotatable bonds is 6. The highest BCUT2D eigenvalue weighted by Gasteiger charge is 2.22. The standard InChI is InChI=1S/C57H35N5S/c1-3-14-36(15-4-1)40-30-32-45-46-33-31-41(37-16-5-2-6-17-37)35-51(46)62(50(45)34-40)57-59-55(58-56(60-57)61-48-22-10-7-18-43(48)44-19-8-11-23-49(44)61)39-28-26-38(27-29-39)42-21-13-25-53-54(42)47-20-9-12-24-52(47)63-53/h1-35H/i1D,2D,3D,4D,5D,6D,7D,8D,10D,11D,14D,15D,16D,17D,18D,19D,22D,23D,30D,31D,32D,33D,34D,35D. The molecule has 0 saturated heterocycles. The summed E-state index contributed by atoms with van der Waals surface area (Å²) < 4.78 is 222. The van der Waals surface area contributed by atoms with E-state index in [4.69, 9.17) is 36.9 Å². The first-order valence-corrected chi connectivity index (χ1v) is 20.1. The molecule has 13 rings (SSSR count). The summed E-state index contributed by atoms with van der Waals surface area (Å²) in [6.07, 6.45) is 0. The van der Waals surface area contributed by atoms with E-state index in [0.717, 1.165) is 40.4 Å². The fourth-order valence-electron chi connectivity index (χ4n) is 7.92. The largest absolute Gasteiger partial charge is 0.278 e. The van der Waals surface area contributed by atoms with E-state index < -0.39 is 212 Å². The van der Waals surface area contributed by atoms with Gasteiger partial charge in [-0.15, -0.1) is 11.3 Å². The summed E-state index contributed by atoms with van der Waals surface area (Å²) in [5.74, 6) is -1.66. The van der Waals surface area contributed by atoms with Crippen LogP contribution in [0.4, 0.5) is 0 Å². The highest BCUT2D eigenvalue weighted by Crippen LogP contribution is 2.41. The first-order chi connectivity index (χ1) is 41.2. The Kier molecular flexibility index (Phi) is 4.34. The second kappa shape index (κ2) is 14.2.